The summed E-state index contributed by atoms with van der Waals surface area (Å²) in [6.07, 6.45) is -2.27. The Hall–Kier alpha value is -0.920. The van der Waals surface area contributed by atoms with Gasteiger partial charge in [0.05, 0.1) is 0 Å². The second-order valence-electron chi connectivity index (χ2n) is 2.53. The van der Waals surface area contributed by atoms with Crippen molar-refractivity contribution in [2.24, 2.45) is 0 Å². The summed E-state index contributed by atoms with van der Waals surface area (Å²) in [5.41, 5.74) is 0.697. The van der Waals surface area contributed by atoms with E-state index in [0.717, 1.165) is 0 Å². The Kier molecular flexibility index (Phi) is 2.58. The molecule has 0 aliphatic carbocycles. The Morgan fingerprint density at radius 2 is 1.64 bits per heavy atom. The molecule has 0 spiro atoms. The second-order valence-corrected chi connectivity index (χ2v) is 2.53. The summed E-state index contributed by atoms with van der Waals surface area (Å²) in [4.78, 5) is 0. The molecule has 1 atom stereocenters. The molecule has 60 valence electrons. The van der Waals surface area contributed by atoms with Crippen LogP contribution in [-0.4, -0.2) is 6.43 Å². The van der Waals surface area contributed by atoms with Gasteiger partial charge >= 0.3 is 0 Å². The van der Waals surface area contributed by atoms with Crippen molar-refractivity contribution in [1.82, 2.24) is 0 Å². The molecule has 1 rings (SSSR count). The van der Waals surface area contributed by atoms with Crippen molar-refractivity contribution in [3.05, 3.63) is 35.9 Å². The SMILES string of the molecule is C[C@@H](c1ccccc1)C(F)F. The van der Waals surface area contributed by atoms with Crippen molar-refractivity contribution in [2.75, 3.05) is 0 Å². The molecular formula is C9H10F2. The molecule has 1 aromatic rings. The topological polar surface area (TPSA) is 0 Å². The Morgan fingerprint density at radius 3 is 2.09 bits per heavy atom. The largest absolute Gasteiger partial charge is 0.245 e. The molecule has 0 aliphatic rings. The molecule has 11 heavy (non-hydrogen) atoms. The van der Waals surface area contributed by atoms with Gasteiger partial charge in [0, 0.05) is 5.92 Å². The second kappa shape index (κ2) is 3.46. The van der Waals surface area contributed by atoms with E-state index in [1.807, 2.05) is 6.07 Å². The smallest absolute Gasteiger partial charge is 0.210 e. The van der Waals surface area contributed by atoms with Crippen LogP contribution in [0.15, 0.2) is 30.3 Å². The van der Waals surface area contributed by atoms with Crippen LogP contribution in [0.1, 0.15) is 18.4 Å². The molecule has 0 aliphatic heterocycles. The van der Waals surface area contributed by atoms with E-state index < -0.39 is 12.3 Å². The lowest BCUT2D eigenvalue weighted by molar-refractivity contribution is 0.121. The first-order valence-electron chi connectivity index (χ1n) is 3.55. The van der Waals surface area contributed by atoms with Gasteiger partial charge < -0.3 is 0 Å². The number of benzene rings is 1. The fraction of sp³-hybridized carbons (Fsp3) is 0.333. The van der Waals surface area contributed by atoms with E-state index in [0.29, 0.717) is 5.56 Å². The van der Waals surface area contributed by atoms with Gasteiger partial charge in [0.25, 0.3) is 0 Å². The maximum atomic E-state index is 12.1. The molecule has 0 saturated carbocycles. The third-order valence-corrected chi connectivity index (χ3v) is 1.70. The number of alkyl halides is 2. The fourth-order valence-electron chi connectivity index (χ4n) is 0.902. The molecule has 0 saturated heterocycles. The Labute approximate surface area is 64.9 Å². The molecule has 1 aromatic carbocycles. The summed E-state index contributed by atoms with van der Waals surface area (Å²) >= 11 is 0. The van der Waals surface area contributed by atoms with Crippen LogP contribution >= 0.6 is 0 Å². The van der Waals surface area contributed by atoms with E-state index in [1.165, 1.54) is 6.92 Å². The summed E-state index contributed by atoms with van der Waals surface area (Å²) in [5.74, 6) is -0.656. The number of rotatable bonds is 2. The lowest BCUT2D eigenvalue weighted by Gasteiger charge is -2.09. The summed E-state index contributed by atoms with van der Waals surface area (Å²) in [5, 5.41) is 0. The van der Waals surface area contributed by atoms with Gasteiger partial charge in [0.15, 0.2) is 0 Å². The van der Waals surface area contributed by atoms with Crippen molar-refractivity contribution >= 4 is 0 Å². The van der Waals surface area contributed by atoms with Crippen LogP contribution in [0, 0.1) is 0 Å². The maximum absolute atomic E-state index is 12.1. The highest BCUT2D eigenvalue weighted by Gasteiger charge is 2.15. The molecule has 0 aromatic heterocycles. The summed E-state index contributed by atoms with van der Waals surface area (Å²) in [7, 11) is 0. The van der Waals surface area contributed by atoms with Gasteiger partial charge in [0.2, 0.25) is 6.43 Å². The van der Waals surface area contributed by atoms with E-state index in [9.17, 15) is 8.78 Å². The highest BCUT2D eigenvalue weighted by Crippen LogP contribution is 2.21. The molecule has 0 unspecified atom stereocenters. The molecule has 0 N–H and O–H groups in total. The third-order valence-electron chi connectivity index (χ3n) is 1.70. The van der Waals surface area contributed by atoms with E-state index >= 15 is 0 Å². The van der Waals surface area contributed by atoms with Gasteiger partial charge in [-0.25, -0.2) is 8.78 Å². The van der Waals surface area contributed by atoms with Crippen LogP contribution in [0.25, 0.3) is 0 Å². The highest BCUT2D eigenvalue weighted by molar-refractivity contribution is 5.19. The monoisotopic (exact) mass is 156 g/mol. The van der Waals surface area contributed by atoms with Gasteiger partial charge in [-0.2, -0.15) is 0 Å². The van der Waals surface area contributed by atoms with E-state index in [1.54, 1.807) is 24.3 Å². The summed E-state index contributed by atoms with van der Waals surface area (Å²) in [6.45, 7) is 1.53. The first-order chi connectivity index (χ1) is 5.22. The molecule has 0 bridgehead atoms. The van der Waals surface area contributed by atoms with E-state index in [-0.39, 0.29) is 0 Å². The van der Waals surface area contributed by atoms with Gasteiger partial charge in [-0.15, -0.1) is 0 Å². The quantitative estimate of drug-likeness (QED) is 0.617. The van der Waals surface area contributed by atoms with Gasteiger partial charge in [-0.1, -0.05) is 37.3 Å². The Bertz CT molecular complexity index is 206. The lowest BCUT2D eigenvalue weighted by Crippen LogP contribution is -2.03. The van der Waals surface area contributed by atoms with E-state index in [4.69, 9.17) is 0 Å². The Balaban J connectivity index is 2.77. The van der Waals surface area contributed by atoms with Gasteiger partial charge in [-0.05, 0) is 5.56 Å². The van der Waals surface area contributed by atoms with Crippen LogP contribution < -0.4 is 0 Å². The third kappa shape index (κ3) is 2.00. The minimum atomic E-state index is -2.27. The zero-order valence-corrected chi connectivity index (χ0v) is 6.30. The summed E-state index contributed by atoms with van der Waals surface area (Å²) < 4.78 is 24.2. The minimum absolute atomic E-state index is 0.656. The first-order valence-corrected chi connectivity index (χ1v) is 3.55. The number of halogens is 2. The van der Waals surface area contributed by atoms with Crippen molar-refractivity contribution < 1.29 is 8.78 Å². The molecule has 0 heterocycles. The zero-order chi connectivity index (χ0) is 8.27. The minimum Gasteiger partial charge on any atom is -0.210 e. The highest BCUT2D eigenvalue weighted by atomic mass is 19.3. The zero-order valence-electron chi connectivity index (χ0n) is 6.30. The normalized spacial score (nSPS) is 13.5. The molecule has 0 amide bonds. The van der Waals surface area contributed by atoms with Crippen LogP contribution in [-0.2, 0) is 0 Å². The number of hydrogen-bond donors (Lipinski definition) is 0. The van der Waals surface area contributed by atoms with Crippen LogP contribution in [0.4, 0.5) is 8.78 Å². The molecular weight excluding hydrogens is 146 g/mol. The Morgan fingerprint density at radius 1 is 1.09 bits per heavy atom. The van der Waals surface area contributed by atoms with Crippen LogP contribution in [0.3, 0.4) is 0 Å². The van der Waals surface area contributed by atoms with Gasteiger partial charge in [-0.3, -0.25) is 0 Å². The van der Waals surface area contributed by atoms with Crippen molar-refractivity contribution in [2.45, 2.75) is 19.3 Å². The van der Waals surface area contributed by atoms with Crippen molar-refractivity contribution in [3.8, 4) is 0 Å². The predicted molar refractivity (Wildman–Crippen MR) is 40.9 cm³/mol. The average molecular weight is 156 g/mol. The fourth-order valence-corrected chi connectivity index (χ4v) is 0.902. The average Bonchev–Trinajstić information content (AvgIpc) is 2.05. The standard InChI is InChI=1S/C9H10F2/c1-7(9(10)11)8-5-3-2-4-6-8/h2-7,9H,1H3/t7-/m0/s1. The molecule has 2 heteroatoms. The lowest BCUT2D eigenvalue weighted by atomic mass is 10.0. The van der Waals surface area contributed by atoms with Gasteiger partial charge in [0.1, 0.15) is 0 Å². The first kappa shape index (κ1) is 8.18. The number of hydrogen-bond acceptors (Lipinski definition) is 0. The molecule has 0 fully saturated rings. The van der Waals surface area contributed by atoms with Crippen LogP contribution in [0.5, 0.6) is 0 Å². The predicted octanol–water partition coefficient (Wildman–Crippen LogP) is 3.06. The maximum Gasteiger partial charge on any atom is 0.245 e. The summed E-state index contributed by atoms with van der Waals surface area (Å²) in [6, 6.07) is 8.80. The van der Waals surface area contributed by atoms with Crippen LogP contribution in [0.2, 0.25) is 0 Å². The molecule has 0 nitrogen and oxygen atoms in total. The van der Waals surface area contributed by atoms with E-state index in [2.05, 4.69) is 0 Å². The van der Waals surface area contributed by atoms with Crippen molar-refractivity contribution in [1.29, 1.82) is 0 Å². The molecule has 0 radical (unpaired) electrons. The van der Waals surface area contributed by atoms with Crippen molar-refractivity contribution in [3.63, 3.8) is 0 Å².